The molecule has 1 aliphatic heterocycles. The molecule has 1 saturated heterocycles. The molecule has 0 unspecified atom stereocenters. The van der Waals surface area contributed by atoms with Crippen LogP contribution in [0.2, 0.25) is 0 Å². The summed E-state index contributed by atoms with van der Waals surface area (Å²) in [6, 6.07) is 18.1. The fourth-order valence-electron chi connectivity index (χ4n) is 7.47. The molecule has 9 heteroatoms. The van der Waals surface area contributed by atoms with Crippen molar-refractivity contribution in [1.29, 1.82) is 0 Å². The van der Waals surface area contributed by atoms with E-state index in [1.165, 1.54) is 38.6 Å². The third-order valence-electron chi connectivity index (χ3n) is 9.75. The molecule has 4 heterocycles. The second kappa shape index (κ2) is 11.4. The zero-order valence-electron chi connectivity index (χ0n) is 26.9. The molecular formula is C37H42N6O2S. The van der Waals surface area contributed by atoms with Crippen LogP contribution in [-0.2, 0) is 23.1 Å². The summed E-state index contributed by atoms with van der Waals surface area (Å²) in [5.74, 6) is 1.91. The number of aromatic amines is 2. The molecule has 0 spiro atoms. The normalized spacial score (nSPS) is 19.2. The van der Waals surface area contributed by atoms with Crippen LogP contribution in [-0.4, -0.2) is 38.2 Å². The number of rotatable bonds is 5. The molecule has 2 fully saturated rings. The van der Waals surface area contributed by atoms with Crippen molar-refractivity contribution < 1.29 is 9.53 Å². The van der Waals surface area contributed by atoms with Crippen LogP contribution < -0.4 is 10.6 Å². The second-order valence-electron chi connectivity index (χ2n) is 14.2. The molecule has 1 atom stereocenters. The Kier molecular flexibility index (Phi) is 7.29. The Bertz CT molecular complexity index is 1920. The summed E-state index contributed by atoms with van der Waals surface area (Å²) in [5, 5.41) is 6.79. The molecule has 3 aliphatic rings. The van der Waals surface area contributed by atoms with Crippen LogP contribution in [0.4, 0.5) is 4.79 Å². The number of aromatic nitrogens is 4. The highest BCUT2D eigenvalue weighted by atomic mass is 32.1. The summed E-state index contributed by atoms with van der Waals surface area (Å²) in [6.45, 7) is 6.75. The van der Waals surface area contributed by atoms with Gasteiger partial charge in [0.05, 0.1) is 22.8 Å². The van der Waals surface area contributed by atoms with E-state index < -0.39 is 11.1 Å². The molecule has 0 radical (unpaired) electrons. The van der Waals surface area contributed by atoms with Crippen LogP contribution in [0.25, 0.3) is 43.2 Å². The number of hydrogen-bond acceptors (Lipinski definition) is 6. The molecule has 2 aliphatic carbocycles. The van der Waals surface area contributed by atoms with Crippen LogP contribution in [0.1, 0.15) is 94.7 Å². The average Bonchev–Trinajstić information content (AvgIpc) is 3.85. The lowest BCUT2D eigenvalue weighted by molar-refractivity contribution is 0.0412. The van der Waals surface area contributed by atoms with Gasteiger partial charge < -0.3 is 25.3 Å². The van der Waals surface area contributed by atoms with E-state index in [1.807, 2.05) is 32.1 Å². The summed E-state index contributed by atoms with van der Waals surface area (Å²) in [4.78, 5) is 32.6. The molecular weight excluding hydrogens is 593 g/mol. The van der Waals surface area contributed by atoms with E-state index in [4.69, 9.17) is 14.7 Å². The van der Waals surface area contributed by atoms with Crippen molar-refractivity contribution in [2.75, 3.05) is 6.54 Å². The summed E-state index contributed by atoms with van der Waals surface area (Å²) in [7, 11) is 0. The number of hydrogen-bond donors (Lipinski definition) is 4. The molecule has 8 rings (SSSR count). The van der Waals surface area contributed by atoms with Gasteiger partial charge in [-0.25, -0.2) is 14.8 Å². The number of fused-ring (bicyclic) bond motifs is 4. The first kappa shape index (κ1) is 29.5. The monoisotopic (exact) mass is 634 g/mol. The lowest BCUT2D eigenvalue weighted by atomic mass is 9.81. The number of carbonyl (C=O) groups excluding carboxylic acids is 1. The smallest absolute Gasteiger partial charge is 0.408 e. The lowest BCUT2D eigenvalue weighted by Gasteiger charge is -2.36. The molecule has 2 aromatic carbocycles. The summed E-state index contributed by atoms with van der Waals surface area (Å²) < 4.78 is 5.65. The summed E-state index contributed by atoms with van der Waals surface area (Å²) in [6.07, 6.45) is 8.93. The second-order valence-corrected chi connectivity index (χ2v) is 15.3. The number of benzene rings is 2. The van der Waals surface area contributed by atoms with Crippen LogP contribution >= 0.6 is 11.3 Å². The Morgan fingerprint density at radius 2 is 1.72 bits per heavy atom. The van der Waals surface area contributed by atoms with Crippen LogP contribution in [0.3, 0.4) is 0 Å². The van der Waals surface area contributed by atoms with Crippen LogP contribution in [0, 0.1) is 0 Å². The highest BCUT2D eigenvalue weighted by molar-refractivity contribution is 7.18. The SMILES string of the molecule is CC(C)(C)OC(=O)NC1(c2nc3ccc(-c4ccc(-c5ccc6c(c5)CCc5[nH]c([C@@H]7CCCN7)nc5-6)s4)cc3[nH]2)CCCCC1. The topological polar surface area (TPSA) is 108 Å². The fraction of sp³-hybridized carbons (Fsp3) is 0.432. The molecule has 5 aromatic rings. The number of nitrogens with zero attached hydrogens (tertiary/aromatic N) is 2. The minimum absolute atomic E-state index is 0.354. The maximum atomic E-state index is 12.9. The highest BCUT2D eigenvalue weighted by Crippen LogP contribution is 2.41. The number of imidazole rings is 2. The Morgan fingerprint density at radius 3 is 2.48 bits per heavy atom. The van der Waals surface area contributed by atoms with Crippen LogP contribution in [0.15, 0.2) is 48.5 Å². The zero-order valence-corrected chi connectivity index (χ0v) is 27.7. The Hall–Kier alpha value is -3.95. The third-order valence-corrected chi connectivity index (χ3v) is 10.9. The van der Waals surface area contributed by atoms with Crippen molar-refractivity contribution in [3.05, 3.63) is 71.4 Å². The minimum Gasteiger partial charge on any atom is -0.444 e. The number of amides is 1. The number of aryl methyl sites for hydroxylation is 2. The molecule has 1 amide bonds. The van der Waals surface area contributed by atoms with Gasteiger partial charge in [0.15, 0.2) is 0 Å². The van der Waals surface area contributed by atoms with Gasteiger partial charge >= 0.3 is 6.09 Å². The van der Waals surface area contributed by atoms with Crippen molar-refractivity contribution in [3.8, 4) is 32.1 Å². The lowest BCUT2D eigenvalue weighted by Crippen LogP contribution is -2.49. The fourth-order valence-corrected chi connectivity index (χ4v) is 8.47. The van der Waals surface area contributed by atoms with Gasteiger partial charge in [0.2, 0.25) is 0 Å². The van der Waals surface area contributed by atoms with Crippen molar-refractivity contribution in [3.63, 3.8) is 0 Å². The molecule has 3 aromatic heterocycles. The standard InChI is InChI=1S/C37H42N6O2S/c1-36(2,3)45-35(44)43-37(17-5-4-6-18-37)34-40-26-13-11-24(21-29(26)41-34)31-16-15-30(46-31)23-9-12-25-22(20-23)10-14-27-32(25)42-33(39-27)28-8-7-19-38-28/h9,11-13,15-16,20-21,28,38H,4-8,10,14,17-19H2,1-3H3,(H,39,42)(H,40,41)(H,43,44)/t28-/m0/s1. The molecule has 0 bridgehead atoms. The van der Waals surface area contributed by atoms with Gasteiger partial charge in [-0.15, -0.1) is 11.3 Å². The maximum Gasteiger partial charge on any atom is 0.408 e. The van der Waals surface area contributed by atoms with Gasteiger partial charge in [-0.05, 0) is 113 Å². The number of H-pyrrole nitrogens is 2. The van der Waals surface area contributed by atoms with Crippen molar-refractivity contribution >= 4 is 28.5 Å². The predicted octanol–water partition coefficient (Wildman–Crippen LogP) is 8.56. The Balaban J connectivity index is 1.05. The zero-order chi connectivity index (χ0) is 31.5. The first-order valence-electron chi connectivity index (χ1n) is 16.8. The van der Waals surface area contributed by atoms with Gasteiger partial charge in [-0.3, -0.25) is 0 Å². The number of ether oxygens (including phenoxy) is 1. The molecule has 1 saturated carbocycles. The van der Waals surface area contributed by atoms with Gasteiger partial charge in [-0.1, -0.05) is 37.5 Å². The highest BCUT2D eigenvalue weighted by Gasteiger charge is 2.39. The van der Waals surface area contributed by atoms with Crippen molar-refractivity contribution in [2.24, 2.45) is 0 Å². The van der Waals surface area contributed by atoms with Crippen molar-refractivity contribution in [1.82, 2.24) is 30.6 Å². The average molecular weight is 635 g/mol. The van der Waals surface area contributed by atoms with Gasteiger partial charge in [-0.2, -0.15) is 0 Å². The number of thiophene rings is 1. The minimum atomic E-state index is -0.555. The van der Waals surface area contributed by atoms with E-state index in [-0.39, 0.29) is 6.09 Å². The number of alkyl carbamates (subject to hydrolysis) is 1. The van der Waals surface area contributed by atoms with E-state index in [0.717, 1.165) is 91.9 Å². The quantitative estimate of drug-likeness (QED) is 0.155. The van der Waals surface area contributed by atoms with Gasteiger partial charge in [0.25, 0.3) is 0 Å². The van der Waals surface area contributed by atoms with Gasteiger partial charge in [0, 0.05) is 21.0 Å². The molecule has 46 heavy (non-hydrogen) atoms. The molecule has 4 N–H and O–H groups in total. The maximum absolute atomic E-state index is 12.9. The first-order valence-corrected chi connectivity index (χ1v) is 17.6. The van der Waals surface area contributed by atoms with E-state index in [2.05, 4.69) is 69.1 Å². The van der Waals surface area contributed by atoms with Crippen molar-refractivity contribution in [2.45, 2.75) is 95.7 Å². The summed E-state index contributed by atoms with van der Waals surface area (Å²) in [5.41, 5.74) is 8.24. The number of nitrogens with one attached hydrogen (secondary N) is 4. The summed E-state index contributed by atoms with van der Waals surface area (Å²) >= 11 is 1.81. The molecule has 238 valence electrons. The van der Waals surface area contributed by atoms with Gasteiger partial charge in [0.1, 0.15) is 22.8 Å². The van der Waals surface area contributed by atoms with E-state index in [9.17, 15) is 4.79 Å². The Morgan fingerprint density at radius 1 is 0.935 bits per heavy atom. The van der Waals surface area contributed by atoms with Crippen LogP contribution in [0.5, 0.6) is 0 Å². The third kappa shape index (κ3) is 5.53. The largest absolute Gasteiger partial charge is 0.444 e. The number of carbonyl (C=O) groups is 1. The van der Waals surface area contributed by atoms with E-state index in [0.29, 0.717) is 6.04 Å². The van der Waals surface area contributed by atoms with E-state index >= 15 is 0 Å². The Labute approximate surface area is 273 Å². The first-order chi connectivity index (χ1) is 22.2. The predicted molar refractivity (Wildman–Crippen MR) is 184 cm³/mol. The molecule has 8 nitrogen and oxygen atoms in total. The van der Waals surface area contributed by atoms with E-state index in [1.54, 1.807) is 0 Å².